The Hall–Kier alpha value is -2.91. The molecule has 0 atom stereocenters. The Bertz CT molecular complexity index is 764. The Morgan fingerprint density at radius 1 is 1.38 bits per heavy atom. The van der Waals surface area contributed by atoms with Crippen LogP contribution in [0.1, 0.15) is 21.6 Å². The lowest BCUT2D eigenvalue weighted by Crippen LogP contribution is -2.18. The molecule has 0 aliphatic carbocycles. The zero-order valence-corrected chi connectivity index (χ0v) is 11.3. The van der Waals surface area contributed by atoms with Gasteiger partial charge in [0.15, 0.2) is 0 Å². The Balaban J connectivity index is 2.29. The standard InChI is InChI=1S/C15H13N3O3/c1-10-4-5-11(3-2-8-19)13(9-10)16-15(21)12-6-7-14(20)18-17-12/h4-7,9,19H,8H2,1H3,(H,16,21)(H,18,20). The Morgan fingerprint density at radius 3 is 2.86 bits per heavy atom. The van der Waals surface area contributed by atoms with Gasteiger partial charge in [0.25, 0.3) is 11.5 Å². The van der Waals surface area contributed by atoms with E-state index in [0.29, 0.717) is 11.3 Å². The van der Waals surface area contributed by atoms with E-state index < -0.39 is 5.91 Å². The second-order valence-corrected chi connectivity index (χ2v) is 4.27. The third-order valence-electron chi connectivity index (χ3n) is 2.64. The van der Waals surface area contributed by atoms with Gasteiger partial charge in [-0.25, -0.2) is 5.10 Å². The van der Waals surface area contributed by atoms with Gasteiger partial charge in [-0.15, -0.1) is 0 Å². The Morgan fingerprint density at radius 2 is 2.19 bits per heavy atom. The molecule has 0 saturated heterocycles. The van der Waals surface area contributed by atoms with Crippen LogP contribution in [0, 0.1) is 18.8 Å². The number of aromatic nitrogens is 2. The van der Waals surface area contributed by atoms with E-state index in [4.69, 9.17) is 5.11 Å². The van der Waals surface area contributed by atoms with Crippen molar-refractivity contribution in [3.05, 3.63) is 57.5 Å². The summed E-state index contributed by atoms with van der Waals surface area (Å²) in [6.45, 7) is 1.62. The monoisotopic (exact) mass is 283 g/mol. The topological polar surface area (TPSA) is 95.1 Å². The molecule has 0 spiro atoms. The molecule has 6 heteroatoms. The van der Waals surface area contributed by atoms with Gasteiger partial charge in [-0.2, -0.15) is 5.10 Å². The van der Waals surface area contributed by atoms with Crippen LogP contribution in [0.2, 0.25) is 0 Å². The molecule has 1 aromatic heterocycles. The largest absolute Gasteiger partial charge is 0.384 e. The molecule has 0 aliphatic rings. The zero-order chi connectivity index (χ0) is 15.2. The van der Waals surface area contributed by atoms with Crippen LogP contribution in [-0.2, 0) is 0 Å². The van der Waals surface area contributed by atoms with Gasteiger partial charge >= 0.3 is 0 Å². The number of rotatable bonds is 2. The molecule has 0 aliphatic heterocycles. The molecule has 0 radical (unpaired) electrons. The molecule has 0 bridgehead atoms. The zero-order valence-electron chi connectivity index (χ0n) is 11.3. The van der Waals surface area contributed by atoms with Crippen LogP contribution in [0.4, 0.5) is 5.69 Å². The van der Waals surface area contributed by atoms with E-state index in [1.165, 1.54) is 12.1 Å². The fourth-order valence-electron chi connectivity index (χ4n) is 1.66. The van der Waals surface area contributed by atoms with Crippen molar-refractivity contribution in [2.45, 2.75) is 6.92 Å². The van der Waals surface area contributed by atoms with Crippen molar-refractivity contribution in [2.24, 2.45) is 0 Å². The number of aliphatic hydroxyl groups excluding tert-OH is 1. The molecule has 1 heterocycles. The van der Waals surface area contributed by atoms with Gasteiger partial charge in [0.2, 0.25) is 0 Å². The highest BCUT2D eigenvalue weighted by atomic mass is 16.2. The average Bonchev–Trinajstić information content (AvgIpc) is 2.47. The molecular weight excluding hydrogens is 270 g/mol. The van der Waals surface area contributed by atoms with Crippen molar-refractivity contribution in [1.29, 1.82) is 0 Å². The number of aromatic amines is 1. The highest BCUT2D eigenvalue weighted by molar-refractivity contribution is 6.03. The second kappa shape index (κ2) is 6.50. The molecule has 6 nitrogen and oxygen atoms in total. The van der Waals surface area contributed by atoms with E-state index in [1.54, 1.807) is 12.1 Å². The first-order chi connectivity index (χ1) is 10.1. The maximum atomic E-state index is 12.1. The van der Waals surface area contributed by atoms with Crippen LogP contribution in [0.15, 0.2) is 35.1 Å². The molecule has 21 heavy (non-hydrogen) atoms. The molecule has 0 saturated carbocycles. The average molecular weight is 283 g/mol. The normalized spacial score (nSPS) is 9.62. The van der Waals surface area contributed by atoms with Gasteiger partial charge < -0.3 is 10.4 Å². The summed E-state index contributed by atoms with van der Waals surface area (Å²) < 4.78 is 0. The summed E-state index contributed by atoms with van der Waals surface area (Å²) in [7, 11) is 0. The van der Waals surface area contributed by atoms with Gasteiger partial charge in [0, 0.05) is 11.6 Å². The highest BCUT2D eigenvalue weighted by Gasteiger charge is 2.10. The number of H-pyrrole nitrogens is 1. The first kappa shape index (κ1) is 14.5. The van der Waals surface area contributed by atoms with Gasteiger partial charge in [-0.3, -0.25) is 9.59 Å². The first-order valence-electron chi connectivity index (χ1n) is 6.17. The third-order valence-corrected chi connectivity index (χ3v) is 2.64. The molecule has 1 amide bonds. The van der Waals surface area contributed by atoms with Crippen LogP contribution < -0.4 is 10.9 Å². The summed E-state index contributed by atoms with van der Waals surface area (Å²) in [6, 6.07) is 7.95. The lowest BCUT2D eigenvalue weighted by atomic mass is 10.1. The predicted octanol–water partition coefficient (Wildman–Crippen LogP) is 0.674. The van der Waals surface area contributed by atoms with Gasteiger partial charge in [0.1, 0.15) is 12.3 Å². The van der Waals surface area contributed by atoms with Gasteiger partial charge in [-0.1, -0.05) is 17.9 Å². The smallest absolute Gasteiger partial charge is 0.276 e. The summed E-state index contributed by atoms with van der Waals surface area (Å²) >= 11 is 0. The van der Waals surface area contributed by atoms with Gasteiger partial charge in [0.05, 0.1) is 5.69 Å². The maximum absolute atomic E-state index is 12.1. The number of amides is 1. The number of carbonyl (C=O) groups excluding carboxylic acids is 1. The van der Waals surface area contributed by atoms with E-state index in [2.05, 4.69) is 27.4 Å². The van der Waals surface area contributed by atoms with Crippen molar-refractivity contribution < 1.29 is 9.90 Å². The minimum atomic E-state index is -0.455. The molecule has 106 valence electrons. The third kappa shape index (κ3) is 3.78. The number of anilines is 1. The number of nitrogens with one attached hydrogen (secondary N) is 2. The Labute approximate surface area is 120 Å². The quantitative estimate of drug-likeness (QED) is 0.706. The van der Waals surface area contributed by atoms with E-state index >= 15 is 0 Å². The number of nitrogens with zero attached hydrogens (tertiary/aromatic N) is 1. The fourth-order valence-corrected chi connectivity index (χ4v) is 1.66. The van der Waals surface area contributed by atoms with Gasteiger partial charge in [-0.05, 0) is 30.7 Å². The predicted molar refractivity (Wildman–Crippen MR) is 78.0 cm³/mol. The molecule has 2 aromatic rings. The highest BCUT2D eigenvalue weighted by Crippen LogP contribution is 2.17. The molecule has 0 unspecified atom stereocenters. The van der Waals surface area contributed by atoms with E-state index in [9.17, 15) is 9.59 Å². The van der Waals surface area contributed by atoms with E-state index in [0.717, 1.165) is 5.56 Å². The van der Waals surface area contributed by atoms with Crippen LogP contribution in [0.3, 0.4) is 0 Å². The van der Waals surface area contributed by atoms with Crippen LogP contribution in [-0.4, -0.2) is 27.8 Å². The molecule has 2 rings (SSSR count). The summed E-state index contributed by atoms with van der Waals surface area (Å²) in [6.07, 6.45) is 0. The van der Waals surface area contributed by atoms with E-state index in [1.807, 2.05) is 13.0 Å². The van der Waals surface area contributed by atoms with E-state index in [-0.39, 0.29) is 17.9 Å². The lowest BCUT2D eigenvalue weighted by molar-refractivity contribution is 0.102. The number of hydrogen-bond acceptors (Lipinski definition) is 4. The summed E-state index contributed by atoms with van der Waals surface area (Å²) in [5.74, 6) is 4.84. The number of aliphatic hydroxyl groups is 1. The van der Waals surface area contributed by atoms with Crippen LogP contribution in [0.5, 0.6) is 0 Å². The summed E-state index contributed by atoms with van der Waals surface area (Å²) in [5.41, 5.74) is 1.78. The SMILES string of the molecule is Cc1ccc(C#CCO)c(NC(=O)c2ccc(=O)[nH]n2)c1. The van der Waals surface area contributed by atoms with Crippen molar-refractivity contribution in [2.75, 3.05) is 11.9 Å². The molecule has 3 N–H and O–H groups in total. The van der Waals surface area contributed by atoms with Crippen molar-refractivity contribution in [3.63, 3.8) is 0 Å². The maximum Gasteiger partial charge on any atom is 0.276 e. The molecule has 0 fully saturated rings. The Kier molecular flexibility index (Phi) is 4.49. The number of hydrogen-bond donors (Lipinski definition) is 3. The lowest BCUT2D eigenvalue weighted by Gasteiger charge is -2.08. The number of benzene rings is 1. The van der Waals surface area contributed by atoms with Crippen LogP contribution >= 0.6 is 0 Å². The summed E-state index contributed by atoms with van der Waals surface area (Å²) in [4.78, 5) is 23.0. The van der Waals surface area contributed by atoms with Crippen molar-refractivity contribution in [1.82, 2.24) is 10.2 Å². The first-order valence-corrected chi connectivity index (χ1v) is 6.17. The fraction of sp³-hybridized carbons (Fsp3) is 0.133. The van der Waals surface area contributed by atoms with Crippen molar-refractivity contribution in [3.8, 4) is 11.8 Å². The molecular formula is C15H13N3O3. The van der Waals surface area contributed by atoms with Crippen molar-refractivity contribution >= 4 is 11.6 Å². The molecule has 1 aromatic carbocycles. The minimum Gasteiger partial charge on any atom is -0.384 e. The second-order valence-electron chi connectivity index (χ2n) is 4.27. The minimum absolute atomic E-state index is 0.0946. The van der Waals surface area contributed by atoms with Crippen LogP contribution in [0.25, 0.3) is 0 Å². The number of carbonyl (C=O) groups is 1. The number of aryl methyl sites for hydroxylation is 1. The summed E-state index contributed by atoms with van der Waals surface area (Å²) in [5, 5.41) is 17.3.